The Kier molecular flexibility index (Phi) is 7.74. The molecule has 2 amide bonds. The Labute approximate surface area is 194 Å². The first-order valence-electron chi connectivity index (χ1n) is 11.5. The van der Waals surface area contributed by atoms with E-state index in [0.717, 1.165) is 28.7 Å². The molecule has 0 aromatic heterocycles. The molecule has 7 nitrogen and oxygen atoms in total. The third kappa shape index (κ3) is 5.35. The number of fused-ring (bicyclic) bond motifs is 3. The van der Waals surface area contributed by atoms with Crippen LogP contribution in [0.5, 0.6) is 0 Å². The first-order valence-corrected chi connectivity index (χ1v) is 11.5. The van der Waals surface area contributed by atoms with Gasteiger partial charge < -0.3 is 20.5 Å². The van der Waals surface area contributed by atoms with Crippen molar-refractivity contribution in [3.05, 3.63) is 59.7 Å². The van der Waals surface area contributed by atoms with E-state index in [-0.39, 0.29) is 18.9 Å². The number of ether oxygens (including phenoxy) is 1. The second kappa shape index (κ2) is 10.5. The van der Waals surface area contributed by atoms with Gasteiger partial charge in [-0.1, -0.05) is 75.2 Å². The molecule has 2 aromatic carbocycles. The number of carbonyl (C=O) groups excluding carboxylic acids is 2. The third-order valence-corrected chi connectivity index (χ3v) is 6.38. The molecule has 176 valence electrons. The number of nitrogens with one attached hydrogen (secondary N) is 2. The van der Waals surface area contributed by atoms with E-state index in [4.69, 9.17) is 4.74 Å². The molecule has 3 rings (SSSR count). The highest BCUT2D eigenvalue weighted by Crippen LogP contribution is 2.44. The first kappa shape index (κ1) is 24.3. The van der Waals surface area contributed by atoms with Gasteiger partial charge in [0.2, 0.25) is 5.91 Å². The van der Waals surface area contributed by atoms with Crippen LogP contribution < -0.4 is 10.6 Å². The minimum absolute atomic E-state index is 0.0877. The van der Waals surface area contributed by atoms with Crippen molar-refractivity contribution in [3.8, 4) is 11.1 Å². The van der Waals surface area contributed by atoms with E-state index in [0.29, 0.717) is 12.8 Å². The highest BCUT2D eigenvalue weighted by Gasteiger charge is 2.36. The van der Waals surface area contributed by atoms with Crippen LogP contribution in [-0.2, 0) is 14.3 Å². The van der Waals surface area contributed by atoms with Crippen LogP contribution >= 0.6 is 0 Å². The van der Waals surface area contributed by atoms with Crippen molar-refractivity contribution in [1.82, 2.24) is 10.6 Å². The molecule has 1 aliphatic rings. The van der Waals surface area contributed by atoms with Crippen LogP contribution in [0.3, 0.4) is 0 Å². The molecule has 7 heteroatoms. The summed E-state index contributed by atoms with van der Waals surface area (Å²) in [5, 5.41) is 14.6. The average Bonchev–Trinajstić information content (AvgIpc) is 3.13. The number of hydrogen-bond acceptors (Lipinski definition) is 4. The summed E-state index contributed by atoms with van der Waals surface area (Å²) in [6.07, 6.45) is 1.41. The van der Waals surface area contributed by atoms with E-state index in [1.807, 2.05) is 43.3 Å². The van der Waals surface area contributed by atoms with Crippen molar-refractivity contribution >= 4 is 18.0 Å². The lowest BCUT2D eigenvalue weighted by molar-refractivity contribution is -0.143. The maximum atomic E-state index is 12.9. The molecule has 2 unspecified atom stereocenters. The molecule has 0 radical (unpaired) electrons. The summed E-state index contributed by atoms with van der Waals surface area (Å²) < 4.78 is 5.56. The monoisotopic (exact) mass is 452 g/mol. The van der Waals surface area contributed by atoms with Crippen LogP contribution in [0.15, 0.2) is 48.5 Å². The molecule has 0 saturated carbocycles. The van der Waals surface area contributed by atoms with Gasteiger partial charge in [-0.3, -0.25) is 4.79 Å². The van der Waals surface area contributed by atoms with Crippen molar-refractivity contribution < 1.29 is 24.2 Å². The molecule has 0 spiro atoms. The molecule has 0 fully saturated rings. The fourth-order valence-electron chi connectivity index (χ4n) is 4.15. The van der Waals surface area contributed by atoms with E-state index in [2.05, 4.69) is 22.8 Å². The molecule has 3 N–H and O–H groups in total. The summed E-state index contributed by atoms with van der Waals surface area (Å²) in [5.41, 5.74) is 3.17. The molecular formula is C26H32N2O5. The van der Waals surface area contributed by atoms with Gasteiger partial charge in [0.25, 0.3) is 0 Å². The van der Waals surface area contributed by atoms with E-state index in [1.54, 1.807) is 13.8 Å². The van der Waals surface area contributed by atoms with Crippen LogP contribution in [0.4, 0.5) is 4.79 Å². The second-order valence-corrected chi connectivity index (χ2v) is 8.64. The van der Waals surface area contributed by atoms with Gasteiger partial charge in [-0.15, -0.1) is 0 Å². The van der Waals surface area contributed by atoms with Crippen LogP contribution in [0, 0.1) is 0 Å². The summed E-state index contributed by atoms with van der Waals surface area (Å²) in [7, 11) is 0. The molecule has 0 bridgehead atoms. The molecule has 0 saturated heterocycles. The van der Waals surface area contributed by atoms with E-state index in [9.17, 15) is 19.5 Å². The van der Waals surface area contributed by atoms with E-state index >= 15 is 0 Å². The SMILES string of the molecule is CCCCC(NC(=O)C(C)(CC)NC(=O)OCC1c2ccccc2-c2ccccc21)C(=O)O. The Morgan fingerprint density at radius 1 is 1.03 bits per heavy atom. The number of amides is 2. The lowest BCUT2D eigenvalue weighted by Crippen LogP contribution is -2.59. The van der Waals surface area contributed by atoms with Crippen LogP contribution in [0.2, 0.25) is 0 Å². The summed E-state index contributed by atoms with van der Waals surface area (Å²) in [4.78, 5) is 37.0. The van der Waals surface area contributed by atoms with Crippen molar-refractivity contribution in [2.45, 2.75) is 64.0 Å². The van der Waals surface area contributed by atoms with Gasteiger partial charge in [0.1, 0.15) is 18.2 Å². The summed E-state index contributed by atoms with van der Waals surface area (Å²) in [6, 6.07) is 15.1. The van der Waals surface area contributed by atoms with E-state index in [1.165, 1.54) is 0 Å². The molecule has 33 heavy (non-hydrogen) atoms. The van der Waals surface area contributed by atoms with Gasteiger partial charge in [-0.05, 0) is 42.0 Å². The minimum Gasteiger partial charge on any atom is -0.480 e. The number of carbonyl (C=O) groups is 3. The van der Waals surface area contributed by atoms with Crippen LogP contribution in [-0.4, -0.2) is 41.3 Å². The Morgan fingerprint density at radius 3 is 2.12 bits per heavy atom. The number of rotatable bonds is 10. The van der Waals surface area contributed by atoms with Crippen molar-refractivity contribution in [1.29, 1.82) is 0 Å². The molecule has 0 aliphatic heterocycles. The smallest absolute Gasteiger partial charge is 0.408 e. The third-order valence-electron chi connectivity index (χ3n) is 6.38. The van der Waals surface area contributed by atoms with Gasteiger partial charge in [0, 0.05) is 5.92 Å². The molecule has 2 atom stereocenters. The predicted octanol–water partition coefficient (Wildman–Crippen LogP) is 4.45. The maximum Gasteiger partial charge on any atom is 0.408 e. The van der Waals surface area contributed by atoms with Crippen LogP contribution in [0.1, 0.15) is 63.5 Å². The zero-order valence-electron chi connectivity index (χ0n) is 19.4. The zero-order valence-corrected chi connectivity index (χ0v) is 19.4. The van der Waals surface area contributed by atoms with Gasteiger partial charge in [-0.25, -0.2) is 9.59 Å². The Hall–Kier alpha value is -3.35. The second-order valence-electron chi connectivity index (χ2n) is 8.64. The first-order chi connectivity index (χ1) is 15.8. The zero-order chi connectivity index (χ0) is 24.0. The van der Waals surface area contributed by atoms with Crippen molar-refractivity contribution in [2.75, 3.05) is 6.61 Å². The number of benzene rings is 2. The van der Waals surface area contributed by atoms with E-state index < -0.39 is 29.6 Å². The van der Waals surface area contributed by atoms with Crippen molar-refractivity contribution in [2.24, 2.45) is 0 Å². The molecule has 2 aromatic rings. The van der Waals surface area contributed by atoms with Crippen LogP contribution in [0.25, 0.3) is 11.1 Å². The topological polar surface area (TPSA) is 105 Å². The predicted molar refractivity (Wildman–Crippen MR) is 126 cm³/mol. The quantitative estimate of drug-likeness (QED) is 0.494. The lowest BCUT2D eigenvalue weighted by Gasteiger charge is -2.29. The molecular weight excluding hydrogens is 420 g/mol. The standard InChI is InChI=1S/C26H32N2O5/c1-4-6-15-22(23(29)30)27-24(31)26(3,5-2)28-25(32)33-16-21-19-13-9-7-11-17(19)18-12-8-10-14-20(18)21/h7-14,21-22H,4-6,15-16H2,1-3H3,(H,27,31)(H,28,32)(H,29,30). The number of unbranched alkanes of at least 4 members (excludes halogenated alkanes) is 1. The molecule has 0 heterocycles. The summed E-state index contributed by atoms with van der Waals surface area (Å²) in [6.45, 7) is 5.42. The number of carboxylic acids is 1. The van der Waals surface area contributed by atoms with Gasteiger partial charge >= 0.3 is 12.1 Å². The number of hydrogen-bond donors (Lipinski definition) is 3. The number of alkyl carbamates (subject to hydrolysis) is 1. The highest BCUT2D eigenvalue weighted by atomic mass is 16.5. The fraction of sp³-hybridized carbons (Fsp3) is 0.423. The lowest BCUT2D eigenvalue weighted by atomic mass is 9.96. The Bertz CT molecular complexity index is 976. The van der Waals surface area contributed by atoms with Gasteiger partial charge in [0.05, 0.1) is 0 Å². The Morgan fingerprint density at radius 2 is 1.61 bits per heavy atom. The fourth-order valence-corrected chi connectivity index (χ4v) is 4.15. The number of carboxylic acid groups (broad SMARTS) is 1. The molecule has 1 aliphatic carbocycles. The normalized spacial score (nSPS) is 15.0. The highest BCUT2D eigenvalue weighted by molar-refractivity contribution is 5.92. The summed E-state index contributed by atoms with van der Waals surface area (Å²) in [5.74, 6) is -1.71. The van der Waals surface area contributed by atoms with Gasteiger partial charge in [0.15, 0.2) is 0 Å². The summed E-state index contributed by atoms with van der Waals surface area (Å²) >= 11 is 0. The van der Waals surface area contributed by atoms with Gasteiger partial charge in [-0.2, -0.15) is 0 Å². The number of aliphatic carboxylic acids is 1. The minimum atomic E-state index is -1.29. The Balaban J connectivity index is 1.65. The maximum absolute atomic E-state index is 12.9. The largest absolute Gasteiger partial charge is 0.480 e. The average molecular weight is 453 g/mol. The van der Waals surface area contributed by atoms with Crippen molar-refractivity contribution in [3.63, 3.8) is 0 Å².